The Kier molecular flexibility index (Phi) is 7.48. The monoisotopic (exact) mass is 296 g/mol. The lowest BCUT2D eigenvalue weighted by Gasteiger charge is -2.33. The normalized spacial score (nSPS) is 28.6. The molecule has 0 amide bonds. The van der Waals surface area contributed by atoms with Crippen LogP contribution in [0.3, 0.4) is 0 Å². The molecule has 2 saturated heterocycles. The molecule has 3 heteroatoms. The molecule has 0 spiro atoms. The zero-order valence-electron chi connectivity index (χ0n) is 14.4. The molecular formula is C18H36N2O. The molecule has 2 rings (SSSR count). The van der Waals surface area contributed by atoms with E-state index < -0.39 is 0 Å². The van der Waals surface area contributed by atoms with Crippen molar-refractivity contribution in [1.29, 1.82) is 0 Å². The number of hydrogen-bond acceptors (Lipinski definition) is 3. The number of rotatable bonds is 8. The SMILES string of the molecule is CCCC1CCN(CC2CCC(CNCC(C)C)O2)CC1. The summed E-state index contributed by atoms with van der Waals surface area (Å²) in [5, 5.41) is 3.53. The van der Waals surface area contributed by atoms with Crippen LogP contribution in [0.25, 0.3) is 0 Å². The van der Waals surface area contributed by atoms with E-state index in [0.29, 0.717) is 12.2 Å². The van der Waals surface area contributed by atoms with Crippen LogP contribution in [-0.4, -0.2) is 49.8 Å². The van der Waals surface area contributed by atoms with Gasteiger partial charge in [-0.1, -0.05) is 33.6 Å². The molecule has 0 aromatic carbocycles. The largest absolute Gasteiger partial charge is 0.372 e. The van der Waals surface area contributed by atoms with Crippen molar-refractivity contribution in [1.82, 2.24) is 10.2 Å². The third kappa shape index (κ3) is 6.25. The van der Waals surface area contributed by atoms with Crippen LogP contribution < -0.4 is 5.32 Å². The highest BCUT2D eigenvalue weighted by Gasteiger charge is 2.28. The van der Waals surface area contributed by atoms with Gasteiger partial charge in [0.2, 0.25) is 0 Å². The predicted octanol–water partition coefficient (Wildman–Crippen LogP) is 3.29. The molecule has 2 heterocycles. The van der Waals surface area contributed by atoms with E-state index >= 15 is 0 Å². The lowest BCUT2D eigenvalue weighted by atomic mass is 9.92. The van der Waals surface area contributed by atoms with Gasteiger partial charge in [-0.3, -0.25) is 0 Å². The highest BCUT2D eigenvalue weighted by atomic mass is 16.5. The first-order chi connectivity index (χ1) is 10.2. The second-order valence-electron chi connectivity index (χ2n) is 7.54. The molecule has 21 heavy (non-hydrogen) atoms. The molecule has 124 valence electrons. The van der Waals surface area contributed by atoms with Crippen LogP contribution in [0.4, 0.5) is 0 Å². The molecule has 2 fully saturated rings. The number of ether oxygens (including phenoxy) is 1. The fourth-order valence-corrected chi connectivity index (χ4v) is 3.75. The number of hydrogen-bond donors (Lipinski definition) is 1. The molecule has 1 N–H and O–H groups in total. The number of piperidine rings is 1. The lowest BCUT2D eigenvalue weighted by Crippen LogP contribution is -2.39. The third-order valence-corrected chi connectivity index (χ3v) is 4.99. The van der Waals surface area contributed by atoms with Gasteiger partial charge in [-0.25, -0.2) is 0 Å². The van der Waals surface area contributed by atoms with Gasteiger partial charge in [-0.05, 0) is 57.2 Å². The summed E-state index contributed by atoms with van der Waals surface area (Å²) in [7, 11) is 0. The van der Waals surface area contributed by atoms with E-state index in [1.54, 1.807) is 0 Å². The van der Waals surface area contributed by atoms with Crippen molar-refractivity contribution < 1.29 is 4.74 Å². The fraction of sp³-hybridized carbons (Fsp3) is 1.00. The predicted molar refractivity (Wildman–Crippen MR) is 89.7 cm³/mol. The van der Waals surface area contributed by atoms with Gasteiger partial charge < -0.3 is 15.0 Å². The Morgan fingerprint density at radius 1 is 1.10 bits per heavy atom. The smallest absolute Gasteiger partial charge is 0.0707 e. The van der Waals surface area contributed by atoms with E-state index in [0.717, 1.165) is 24.9 Å². The van der Waals surface area contributed by atoms with E-state index in [1.807, 2.05) is 0 Å². The van der Waals surface area contributed by atoms with Crippen LogP contribution in [0, 0.1) is 11.8 Å². The second-order valence-corrected chi connectivity index (χ2v) is 7.54. The van der Waals surface area contributed by atoms with E-state index in [-0.39, 0.29) is 0 Å². The van der Waals surface area contributed by atoms with Crippen LogP contribution >= 0.6 is 0 Å². The van der Waals surface area contributed by atoms with Gasteiger partial charge >= 0.3 is 0 Å². The first-order valence-corrected chi connectivity index (χ1v) is 9.25. The topological polar surface area (TPSA) is 24.5 Å². The van der Waals surface area contributed by atoms with Gasteiger partial charge in [0.25, 0.3) is 0 Å². The summed E-state index contributed by atoms with van der Waals surface area (Å²) in [6, 6.07) is 0. The quantitative estimate of drug-likeness (QED) is 0.744. The van der Waals surface area contributed by atoms with Crippen molar-refractivity contribution in [2.75, 3.05) is 32.7 Å². The first kappa shape index (κ1) is 17.2. The maximum absolute atomic E-state index is 6.22. The molecule has 0 saturated carbocycles. The molecule has 2 aliphatic heterocycles. The van der Waals surface area contributed by atoms with Crippen LogP contribution in [0.2, 0.25) is 0 Å². The number of likely N-dealkylation sites (tertiary alicyclic amines) is 1. The highest BCUT2D eigenvalue weighted by molar-refractivity contribution is 4.80. The average Bonchev–Trinajstić information content (AvgIpc) is 2.88. The van der Waals surface area contributed by atoms with Crippen LogP contribution in [0.1, 0.15) is 59.3 Å². The van der Waals surface area contributed by atoms with Crippen molar-refractivity contribution in [2.45, 2.75) is 71.5 Å². The molecule has 0 aliphatic carbocycles. The van der Waals surface area contributed by atoms with Crippen molar-refractivity contribution >= 4 is 0 Å². The number of nitrogens with zero attached hydrogens (tertiary/aromatic N) is 1. The van der Waals surface area contributed by atoms with Gasteiger partial charge in [0.05, 0.1) is 12.2 Å². The molecule has 3 nitrogen and oxygen atoms in total. The van der Waals surface area contributed by atoms with E-state index in [1.165, 1.54) is 58.2 Å². The second kappa shape index (κ2) is 9.12. The van der Waals surface area contributed by atoms with E-state index in [2.05, 4.69) is 31.0 Å². The zero-order valence-corrected chi connectivity index (χ0v) is 14.4. The van der Waals surface area contributed by atoms with E-state index in [9.17, 15) is 0 Å². The summed E-state index contributed by atoms with van der Waals surface area (Å²) >= 11 is 0. The summed E-state index contributed by atoms with van der Waals surface area (Å²) in [6.07, 6.45) is 9.01. The average molecular weight is 296 g/mol. The van der Waals surface area contributed by atoms with E-state index in [4.69, 9.17) is 4.74 Å². The summed E-state index contributed by atoms with van der Waals surface area (Å²) < 4.78 is 6.22. The van der Waals surface area contributed by atoms with Gasteiger partial charge in [0.1, 0.15) is 0 Å². The maximum atomic E-state index is 6.22. The summed E-state index contributed by atoms with van der Waals surface area (Å²) in [4.78, 5) is 2.64. The minimum Gasteiger partial charge on any atom is -0.372 e. The molecule has 0 aromatic rings. The molecule has 0 aromatic heterocycles. The molecular weight excluding hydrogens is 260 g/mol. The Morgan fingerprint density at radius 2 is 1.81 bits per heavy atom. The van der Waals surface area contributed by atoms with Crippen molar-refractivity contribution in [3.63, 3.8) is 0 Å². The molecule has 0 bridgehead atoms. The Morgan fingerprint density at radius 3 is 2.48 bits per heavy atom. The molecule has 0 radical (unpaired) electrons. The van der Waals surface area contributed by atoms with Gasteiger partial charge in [0.15, 0.2) is 0 Å². The summed E-state index contributed by atoms with van der Waals surface area (Å²) in [5.41, 5.74) is 0. The Balaban J connectivity index is 1.58. The highest BCUT2D eigenvalue weighted by Crippen LogP contribution is 2.25. The zero-order chi connectivity index (χ0) is 15.1. The molecule has 2 unspecified atom stereocenters. The minimum atomic E-state index is 0.450. The summed E-state index contributed by atoms with van der Waals surface area (Å²) in [5.74, 6) is 1.72. The van der Waals surface area contributed by atoms with Crippen molar-refractivity contribution in [2.24, 2.45) is 11.8 Å². The summed E-state index contributed by atoms with van der Waals surface area (Å²) in [6.45, 7) is 12.7. The van der Waals surface area contributed by atoms with Gasteiger partial charge in [0, 0.05) is 13.1 Å². The first-order valence-electron chi connectivity index (χ1n) is 9.25. The van der Waals surface area contributed by atoms with Crippen molar-refractivity contribution in [3.05, 3.63) is 0 Å². The standard InChI is InChI=1S/C18H36N2O/c1-4-5-16-8-10-20(11-9-16)14-18-7-6-17(21-18)13-19-12-15(2)3/h15-19H,4-14H2,1-3H3. The Labute approximate surface area is 131 Å². The van der Waals surface area contributed by atoms with Gasteiger partial charge in [-0.15, -0.1) is 0 Å². The van der Waals surface area contributed by atoms with Gasteiger partial charge in [-0.2, -0.15) is 0 Å². The number of nitrogens with one attached hydrogen (secondary N) is 1. The van der Waals surface area contributed by atoms with Crippen molar-refractivity contribution in [3.8, 4) is 0 Å². The van der Waals surface area contributed by atoms with Crippen LogP contribution in [-0.2, 0) is 4.74 Å². The van der Waals surface area contributed by atoms with Crippen LogP contribution in [0.15, 0.2) is 0 Å². The maximum Gasteiger partial charge on any atom is 0.0707 e. The minimum absolute atomic E-state index is 0.450. The van der Waals surface area contributed by atoms with Crippen LogP contribution in [0.5, 0.6) is 0 Å². The Hall–Kier alpha value is -0.120. The Bertz CT molecular complexity index is 274. The molecule has 2 atom stereocenters. The fourth-order valence-electron chi connectivity index (χ4n) is 3.75. The molecule has 2 aliphatic rings. The third-order valence-electron chi connectivity index (χ3n) is 4.99. The lowest BCUT2D eigenvalue weighted by molar-refractivity contribution is 0.0162.